The molecule has 0 radical (unpaired) electrons. The molecule has 0 bridgehead atoms. The minimum Gasteiger partial charge on any atom is -0.278 e. The van der Waals surface area contributed by atoms with Crippen molar-refractivity contribution in [2.24, 2.45) is 5.10 Å². The van der Waals surface area contributed by atoms with E-state index in [0.29, 0.717) is 0 Å². The van der Waals surface area contributed by atoms with E-state index < -0.39 is 0 Å². The van der Waals surface area contributed by atoms with Gasteiger partial charge in [0.05, 0.1) is 22.1 Å². The zero-order valence-electron chi connectivity index (χ0n) is 10.5. The molecule has 0 aliphatic carbocycles. The largest absolute Gasteiger partial charge is 0.278 e. The molecule has 0 unspecified atom stereocenters. The van der Waals surface area contributed by atoms with Crippen molar-refractivity contribution in [3.05, 3.63) is 59.1 Å². The third kappa shape index (κ3) is 2.63. The van der Waals surface area contributed by atoms with E-state index in [2.05, 4.69) is 34.6 Å². The number of nitrogens with zero attached hydrogens (tertiary/aromatic N) is 2. The molecule has 3 aromatic rings. The van der Waals surface area contributed by atoms with Gasteiger partial charge in [0, 0.05) is 0 Å². The third-order valence-electron chi connectivity index (χ3n) is 2.82. The van der Waals surface area contributed by atoms with Crippen LogP contribution in [0.25, 0.3) is 10.2 Å². The van der Waals surface area contributed by atoms with Gasteiger partial charge in [0.25, 0.3) is 0 Å². The lowest BCUT2D eigenvalue weighted by Crippen LogP contribution is -1.92. The highest BCUT2D eigenvalue weighted by Gasteiger charge is 2.00. The van der Waals surface area contributed by atoms with Crippen LogP contribution < -0.4 is 5.43 Å². The monoisotopic (exact) mass is 267 g/mol. The van der Waals surface area contributed by atoms with Crippen LogP contribution in [0.2, 0.25) is 0 Å². The molecule has 0 aliphatic rings. The fourth-order valence-corrected chi connectivity index (χ4v) is 2.64. The van der Waals surface area contributed by atoms with Crippen molar-refractivity contribution in [3.63, 3.8) is 0 Å². The maximum absolute atomic E-state index is 4.50. The summed E-state index contributed by atoms with van der Waals surface area (Å²) in [5.74, 6) is 0. The van der Waals surface area contributed by atoms with E-state index in [1.54, 1.807) is 17.6 Å². The maximum atomic E-state index is 4.50. The first-order chi connectivity index (χ1) is 9.33. The number of aromatic nitrogens is 1. The van der Waals surface area contributed by atoms with Gasteiger partial charge in [-0.25, -0.2) is 4.98 Å². The molecule has 0 atom stereocenters. The van der Waals surface area contributed by atoms with Crippen LogP contribution in [0.15, 0.2) is 53.6 Å². The number of para-hydroxylation sites is 2. The molecular weight excluding hydrogens is 254 g/mol. The maximum Gasteiger partial charge on any atom is 0.137 e. The Hall–Kier alpha value is -2.20. The van der Waals surface area contributed by atoms with Gasteiger partial charge in [0.2, 0.25) is 0 Å². The van der Waals surface area contributed by atoms with Gasteiger partial charge in [-0.2, -0.15) is 5.10 Å². The Kier molecular flexibility index (Phi) is 3.25. The topological polar surface area (TPSA) is 37.3 Å². The van der Waals surface area contributed by atoms with Gasteiger partial charge in [-0.15, -0.1) is 11.3 Å². The molecule has 0 amide bonds. The lowest BCUT2D eigenvalue weighted by molar-refractivity contribution is 1.30. The average Bonchev–Trinajstić information content (AvgIpc) is 2.83. The van der Waals surface area contributed by atoms with Crippen LogP contribution >= 0.6 is 11.3 Å². The van der Waals surface area contributed by atoms with Crippen LogP contribution in [-0.2, 0) is 0 Å². The number of rotatable bonds is 3. The van der Waals surface area contributed by atoms with Crippen LogP contribution in [0.3, 0.4) is 0 Å². The summed E-state index contributed by atoms with van der Waals surface area (Å²) in [6, 6.07) is 16.2. The van der Waals surface area contributed by atoms with Crippen molar-refractivity contribution in [2.75, 3.05) is 5.43 Å². The van der Waals surface area contributed by atoms with E-state index >= 15 is 0 Å². The van der Waals surface area contributed by atoms with Crippen LogP contribution in [0.4, 0.5) is 5.69 Å². The van der Waals surface area contributed by atoms with E-state index in [1.165, 1.54) is 10.3 Å². The van der Waals surface area contributed by atoms with Crippen molar-refractivity contribution < 1.29 is 0 Å². The summed E-state index contributed by atoms with van der Waals surface area (Å²) < 4.78 is 1.18. The Labute approximate surface area is 115 Å². The fraction of sp³-hybridized carbons (Fsp3) is 0.0667. The first-order valence-electron chi connectivity index (χ1n) is 6.03. The summed E-state index contributed by atoms with van der Waals surface area (Å²) in [7, 11) is 0. The molecule has 0 spiro atoms. The molecule has 19 heavy (non-hydrogen) atoms. The van der Waals surface area contributed by atoms with Crippen molar-refractivity contribution in [1.29, 1.82) is 0 Å². The van der Waals surface area contributed by atoms with Gasteiger partial charge in [-0.1, -0.05) is 30.3 Å². The fourth-order valence-electron chi connectivity index (χ4n) is 1.80. The summed E-state index contributed by atoms with van der Waals surface area (Å²) in [5, 5.41) is 5.15. The summed E-state index contributed by atoms with van der Waals surface area (Å²) in [4.78, 5) is 4.50. The summed E-state index contributed by atoms with van der Waals surface area (Å²) in [6.45, 7) is 2.05. The van der Waals surface area contributed by atoms with Gasteiger partial charge < -0.3 is 0 Å². The molecule has 1 heterocycles. The molecule has 0 saturated carbocycles. The van der Waals surface area contributed by atoms with Crippen molar-refractivity contribution in [1.82, 2.24) is 4.98 Å². The summed E-state index contributed by atoms with van der Waals surface area (Å²) in [5.41, 5.74) is 6.24. The quantitative estimate of drug-likeness (QED) is 0.574. The number of thiazole rings is 1. The first-order valence-corrected chi connectivity index (χ1v) is 6.85. The zero-order valence-corrected chi connectivity index (χ0v) is 11.3. The zero-order chi connectivity index (χ0) is 13.1. The molecule has 1 aromatic heterocycles. The highest BCUT2D eigenvalue weighted by atomic mass is 32.1. The summed E-state index contributed by atoms with van der Waals surface area (Å²) >= 11 is 1.64. The molecule has 0 aliphatic heterocycles. The molecule has 0 fully saturated rings. The van der Waals surface area contributed by atoms with E-state index in [-0.39, 0.29) is 0 Å². The van der Waals surface area contributed by atoms with Gasteiger partial charge in [-0.05, 0) is 30.7 Å². The lowest BCUT2D eigenvalue weighted by Gasteiger charge is -2.02. The Bertz CT molecular complexity index is 698. The Morgan fingerprint density at radius 3 is 2.74 bits per heavy atom. The van der Waals surface area contributed by atoms with E-state index in [4.69, 9.17) is 0 Å². The van der Waals surface area contributed by atoms with Crippen molar-refractivity contribution in [2.45, 2.75) is 6.92 Å². The van der Waals surface area contributed by atoms with Gasteiger partial charge >= 0.3 is 0 Å². The second-order valence-corrected chi connectivity index (χ2v) is 5.27. The minimum absolute atomic E-state index is 0.905. The molecule has 3 rings (SSSR count). The van der Waals surface area contributed by atoms with Crippen molar-refractivity contribution >= 4 is 33.5 Å². The smallest absolute Gasteiger partial charge is 0.137 e. The number of hydrazone groups is 1. The van der Waals surface area contributed by atoms with Crippen LogP contribution in [0, 0.1) is 6.92 Å². The second-order valence-electron chi connectivity index (χ2n) is 4.20. The number of benzene rings is 2. The van der Waals surface area contributed by atoms with E-state index in [1.807, 2.05) is 36.4 Å². The van der Waals surface area contributed by atoms with Gasteiger partial charge in [-0.3, -0.25) is 5.43 Å². The van der Waals surface area contributed by atoms with E-state index in [9.17, 15) is 0 Å². The highest BCUT2D eigenvalue weighted by molar-refractivity contribution is 7.20. The number of hydrogen-bond acceptors (Lipinski definition) is 4. The Morgan fingerprint density at radius 1 is 1.11 bits per heavy atom. The molecular formula is C15H13N3S. The molecule has 0 saturated heterocycles. The second kappa shape index (κ2) is 5.20. The molecule has 3 nitrogen and oxygen atoms in total. The number of nitrogens with one attached hydrogen (secondary N) is 1. The predicted molar refractivity (Wildman–Crippen MR) is 82.0 cm³/mol. The Balaban J connectivity index is 1.78. The molecule has 4 heteroatoms. The minimum atomic E-state index is 0.905. The van der Waals surface area contributed by atoms with Crippen LogP contribution in [-0.4, -0.2) is 11.2 Å². The molecule has 2 aromatic carbocycles. The number of hydrogen-bond donors (Lipinski definition) is 1. The van der Waals surface area contributed by atoms with Crippen LogP contribution in [0.5, 0.6) is 0 Å². The number of aryl methyl sites for hydroxylation is 1. The van der Waals surface area contributed by atoms with Crippen molar-refractivity contribution in [3.8, 4) is 0 Å². The third-order valence-corrected chi connectivity index (χ3v) is 3.79. The number of anilines is 1. The molecule has 94 valence electrons. The van der Waals surface area contributed by atoms with Crippen LogP contribution in [0.1, 0.15) is 10.6 Å². The summed E-state index contributed by atoms with van der Waals surface area (Å²) in [6.07, 6.45) is 1.76. The predicted octanol–water partition coefficient (Wildman–Crippen LogP) is 4.05. The highest BCUT2D eigenvalue weighted by Crippen LogP contribution is 2.20. The first kappa shape index (κ1) is 11.9. The standard InChI is InChI=1S/C15H13N3S/c1-11-6-2-3-7-12(11)18-16-10-15-17-13-8-4-5-9-14(13)19-15/h2-10,18H,1H3/b16-10-. The SMILES string of the molecule is Cc1ccccc1N/N=C\c1nc2ccccc2s1. The van der Waals surface area contributed by atoms with E-state index in [0.717, 1.165) is 16.2 Å². The average molecular weight is 267 g/mol. The lowest BCUT2D eigenvalue weighted by atomic mass is 10.2. The van der Waals surface area contributed by atoms with Gasteiger partial charge in [0.1, 0.15) is 5.01 Å². The molecule has 1 N–H and O–H groups in total. The Morgan fingerprint density at radius 2 is 1.89 bits per heavy atom. The normalized spacial score (nSPS) is 11.2. The van der Waals surface area contributed by atoms with Gasteiger partial charge in [0.15, 0.2) is 0 Å². The number of fused-ring (bicyclic) bond motifs is 1.